The lowest BCUT2D eigenvalue weighted by atomic mass is 9.77. The third-order valence-corrected chi connectivity index (χ3v) is 8.20. The van der Waals surface area contributed by atoms with E-state index in [-0.39, 0.29) is 30.9 Å². The van der Waals surface area contributed by atoms with Crippen LogP contribution in [0.1, 0.15) is 66.2 Å². The van der Waals surface area contributed by atoms with Crippen LogP contribution in [-0.4, -0.2) is 43.9 Å². The first-order valence-electron chi connectivity index (χ1n) is 13.6. The highest BCUT2D eigenvalue weighted by atomic mass is 19.4. The summed E-state index contributed by atoms with van der Waals surface area (Å²) < 4.78 is 58.7. The second kappa shape index (κ2) is 11.1. The molecular formula is C32H31BF3NO5. The number of carbonyl (C=O) groups is 2. The van der Waals surface area contributed by atoms with Gasteiger partial charge in [-0.15, -0.1) is 0 Å². The lowest BCUT2D eigenvalue weighted by molar-refractivity contribution is -0.137. The summed E-state index contributed by atoms with van der Waals surface area (Å²) >= 11 is 0. The number of ether oxygens (including phenoxy) is 1. The number of hydrogen-bond acceptors (Lipinski definition) is 5. The number of alkyl carbamates (subject to hydrolysis) is 1. The molecule has 10 heteroatoms. The monoisotopic (exact) mass is 577 g/mol. The molecule has 0 aromatic heterocycles. The van der Waals surface area contributed by atoms with Gasteiger partial charge in [0.15, 0.2) is 6.29 Å². The molecule has 3 aromatic rings. The van der Waals surface area contributed by atoms with E-state index in [4.69, 9.17) is 14.0 Å². The zero-order valence-corrected chi connectivity index (χ0v) is 23.7. The van der Waals surface area contributed by atoms with E-state index >= 15 is 0 Å². The van der Waals surface area contributed by atoms with Gasteiger partial charge in [-0.2, -0.15) is 13.2 Å². The Morgan fingerprint density at radius 1 is 0.952 bits per heavy atom. The number of halogens is 3. The predicted octanol–water partition coefficient (Wildman–Crippen LogP) is 7.07. The third-order valence-electron chi connectivity index (χ3n) is 8.20. The second-order valence-corrected chi connectivity index (χ2v) is 11.4. The molecule has 1 heterocycles. The quantitative estimate of drug-likeness (QED) is 0.240. The number of amides is 1. The highest BCUT2D eigenvalue weighted by molar-refractivity contribution is 6.56. The summed E-state index contributed by atoms with van der Waals surface area (Å²) in [5.41, 5.74) is 1.95. The number of fused-ring (bicyclic) bond motifs is 3. The molecule has 6 nitrogen and oxygen atoms in total. The molecule has 0 spiro atoms. The second-order valence-electron chi connectivity index (χ2n) is 11.4. The summed E-state index contributed by atoms with van der Waals surface area (Å²) in [6.45, 7) is 7.41. The van der Waals surface area contributed by atoms with Crippen LogP contribution in [0.2, 0.25) is 0 Å². The average molecular weight is 577 g/mol. The maximum atomic E-state index is 13.6. The number of nitrogens with one attached hydrogen (secondary N) is 1. The minimum atomic E-state index is -4.72. The minimum Gasteiger partial charge on any atom is -0.449 e. The molecule has 3 aromatic carbocycles. The number of carbonyl (C=O) groups excluding carboxylic acids is 2. The van der Waals surface area contributed by atoms with Gasteiger partial charge in [-0.3, -0.25) is 4.79 Å². The van der Waals surface area contributed by atoms with Crippen molar-refractivity contribution in [3.05, 3.63) is 100 Å². The van der Waals surface area contributed by atoms with Gasteiger partial charge in [0.2, 0.25) is 0 Å². The number of aldehydes is 1. The molecule has 2 aliphatic rings. The van der Waals surface area contributed by atoms with Crippen LogP contribution >= 0.6 is 0 Å². The van der Waals surface area contributed by atoms with E-state index in [2.05, 4.69) is 5.32 Å². The van der Waals surface area contributed by atoms with E-state index in [0.717, 1.165) is 34.4 Å². The van der Waals surface area contributed by atoms with Crippen molar-refractivity contribution >= 4 is 25.6 Å². The van der Waals surface area contributed by atoms with Gasteiger partial charge in [-0.1, -0.05) is 66.7 Å². The Morgan fingerprint density at radius 3 is 2.07 bits per heavy atom. The molecule has 0 unspecified atom stereocenters. The SMILES string of the molecule is CC1(C)OB(C(=Cc2ccc(C=O)c(C(F)(F)F)c2)CNC(=O)OCC2c3ccccc3-c3ccccc32)OC1(C)C. The summed E-state index contributed by atoms with van der Waals surface area (Å²) in [5, 5.41) is 2.71. The lowest BCUT2D eigenvalue weighted by Gasteiger charge is -2.32. The summed E-state index contributed by atoms with van der Waals surface area (Å²) in [6, 6.07) is 19.4. The Labute approximate surface area is 243 Å². The van der Waals surface area contributed by atoms with Crippen molar-refractivity contribution < 1.29 is 36.8 Å². The first-order chi connectivity index (χ1) is 19.8. The average Bonchev–Trinajstić information content (AvgIpc) is 3.38. The molecular weight excluding hydrogens is 546 g/mol. The van der Waals surface area contributed by atoms with Gasteiger partial charge < -0.3 is 19.4 Å². The maximum Gasteiger partial charge on any atom is 0.492 e. The Morgan fingerprint density at radius 2 is 1.52 bits per heavy atom. The van der Waals surface area contributed by atoms with Crippen molar-refractivity contribution in [3.8, 4) is 11.1 Å². The van der Waals surface area contributed by atoms with Gasteiger partial charge in [-0.25, -0.2) is 4.79 Å². The van der Waals surface area contributed by atoms with E-state index in [9.17, 15) is 22.8 Å². The van der Waals surface area contributed by atoms with Crippen LogP contribution in [0.25, 0.3) is 17.2 Å². The number of benzene rings is 3. The van der Waals surface area contributed by atoms with E-state index < -0.39 is 41.7 Å². The van der Waals surface area contributed by atoms with Crippen molar-refractivity contribution in [1.29, 1.82) is 0 Å². The number of rotatable bonds is 7. The van der Waals surface area contributed by atoms with Crippen molar-refractivity contribution in [2.75, 3.05) is 13.2 Å². The first-order valence-corrected chi connectivity index (χ1v) is 13.6. The molecule has 0 atom stereocenters. The van der Waals surface area contributed by atoms with E-state index in [1.165, 1.54) is 12.1 Å². The highest BCUT2D eigenvalue weighted by Gasteiger charge is 2.52. The molecule has 1 aliphatic heterocycles. The van der Waals surface area contributed by atoms with E-state index in [0.29, 0.717) is 5.47 Å². The fourth-order valence-electron chi connectivity index (χ4n) is 5.25. The first kappa shape index (κ1) is 29.6. The molecule has 0 radical (unpaired) electrons. The molecule has 1 amide bonds. The molecule has 5 rings (SSSR count). The normalized spacial score (nSPS) is 17.5. The summed E-state index contributed by atoms with van der Waals surface area (Å²) in [6.07, 6.45) is -3.77. The van der Waals surface area contributed by atoms with Gasteiger partial charge in [0.1, 0.15) is 6.61 Å². The van der Waals surface area contributed by atoms with E-state index in [1.807, 2.05) is 76.2 Å². The van der Waals surface area contributed by atoms with Crippen LogP contribution in [0.4, 0.5) is 18.0 Å². The van der Waals surface area contributed by atoms with Crippen LogP contribution in [0, 0.1) is 0 Å². The largest absolute Gasteiger partial charge is 0.492 e. The zero-order valence-electron chi connectivity index (χ0n) is 23.7. The van der Waals surface area contributed by atoms with Crippen LogP contribution in [0.5, 0.6) is 0 Å². The van der Waals surface area contributed by atoms with Crippen LogP contribution < -0.4 is 5.32 Å². The molecule has 1 aliphatic carbocycles. The fourth-order valence-corrected chi connectivity index (χ4v) is 5.25. The summed E-state index contributed by atoms with van der Waals surface area (Å²) in [7, 11) is -0.941. The standard InChI is InChI=1S/C32H31BF3NO5/c1-30(2)31(3,4)42-33(41-30)22(15-20-13-14-21(18-38)28(16-20)32(34,35)36)17-37-29(39)40-19-27-25-11-7-5-9-23(25)24-10-6-8-12-26(24)27/h5-16,18,27H,17,19H2,1-4H3,(H,37,39). The van der Waals surface area contributed by atoms with Crippen molar-refractivity contribution in [2.24, 2.45) is 0 Å². The van der Waals surface area contributed by atoms with Gasteiger partial charge in [0.05, 0.1) is 16.8 Å². The highest BCUT2D eigenvalue weighted by Crippen LogP contribution is 2.44. The van der Waals surface area contributed by atoms with Crippen LogP contribution in [0.15, 0.2) is 72.2 Å². The molecule has 1 fully saturated rings. The Bertz CT molecular complexity index is 1490. The Hall–Kier alpha value is -3.89. The van der Waals surface area contributed by atoms with Gasteiger partial charge in [0, 0.05) is 18.0 Å². The molecule has 218 valence electrons. The smallest absolute Gasteiger partial charge is 0.449 e. The van der Waals surface area contributed by atoms with Gasteiger partial charge in [-0.05, 0) is 67.1 Å². The van der Waals surface area contributed by atoms with Gasteiger partial charge in [0.25, 0.3) is 0 Å². The predicted molar refractivity (Wildman–Crippen MR) is 154 cm³/mol. The topological polar surface area (TPSA) is 73.9 Å². The Kier molecular flexibility index (Phi) is 7.81. The molecule has 1 saturated heterocycles. The minimum absolute atomic E-state index is 0.107. The fraction of sp³-hybridized carbons (Fsp3) is 0.312. The van der Waals surface area contributed by atoms with Crippen LogP contribution in [0.3, 0.4) is 0 Å². The Balaban J connectivity index is 1.35. The number of hydrogen-bond donors (Lipinski definition) is 1. The lowest BCUT2D eigenvalue weighted by Crippen LogP contribution is -2.41. The van der Waals surface area contributed by atoms with Crippen molar-refractivity contribution in [2.45, 2.75) is 51.0 Å². The molecule has 1 N–H and O–H groups in total. The van der Waals surface area contributed by atoms with E-state index in [1.54, 1.807) is 0 Å². The van der Waals surface area contributed by atoms with Gasteiger partial charge >= 0.3 is 19.4 Å². The van der Waals surface area contributed by atoms with Crippen LogP contribution in [-0.2, 0) is 20.2 Å². The zero-order chi connectivity index (χ0) is 30.3. The summed E-state index contributed by atoms with van der Waals surface area (Å²) in [4.78, 5) is 24.1. The number of alkyl halides is 3. The van der Waals surface area contributed by atoms with Crippen molar-refractivity contribution in [3.63, 3.8) is 0 Å². The molecule has 0 saturated carbocycles. The third kappa shape index (κ3) is 5.74. The molecule has 42 heavy (non-hydrogen) atoms. The summed E-state index contributed by atoms with van der Waals surface area (Å²) in [5.74, 6) is -0.126. The maximum absolute atomic E-state index is 13.6. The van der Waals surface area contributed by atoms with Crippen molar-refractivity contribution in [1.82, 2.24) is 5.32 Å². The molecule has 0 bridgehead atoms.